The lowest BCUT2D eigenvalue weighted by Gasteiger charge is -2.39. The number of nitrogens with one attached hydrogen (secondary N) is 1. The predicted molar refractivity (Wildman–Crippen MR) is 97.0 cm³/mol. The lowest BCUT2D eigenvalue weighted by atomic mass is 9.90. The van der Waals surface area contributed by atoms with E-state index in [1.54, 1.807) is 4.90 Å². The second-order valence-electron chi connectivity index (χ2n) is 6.71. The van der Waals surface area contributed by atoms with Crippen molar-refractivity contribution in [3.63, 3.8) is 0 Å². The fourth-order valence-electron chi connectivity index (χ4n) is 3.14. The third-order valence-corrected chi connectivity index (χ3v) is 6.44. The highest BCUT2D eigenvalue weighted by Gasteiger charge is 2.34. The molecule has 8 heteroatoms. The SMILES string of the molecule is CCC1CN(C(=O)C(C)C)CCC1NS(=O)(=O)c1cccc(Cl)c1O. The molecular formula is C17H25ClN2O4S. The van der Waals surface area contributed by atoms with Crippen LogP contribution in [0.1, 0.15) is 33.6 Å². The molecule has 1 aliphatic rings. The first kappa shape index (κ1) is 20.0. The number of piperidine rings is 1. The number of para-hydroxylation sites is 1. The van der Waals surface area contributed by atoms with Crippen molar-refractivity contribution in [2.45, 2.75) is 44.6 Å². The van der Waals surface area contributed by atoms with Gasteiger partial charge in [0.25, 0.3) is 0 Å². The average molecular weight is 389 g/mol. The number of carbonyl (C=O) groups excluding carboxylic acids is 1. The molecule has 1 fully saturated rings. The number of hydrogen-bond acceptors (Lipinski definition) is 4. The van der Waals surface area contributed by atoms with Gasteiger partial charge in [0.1, 0.15) is 4.90 Å². The van der Waals surface area contributed by atoms with Crippen LogP contribution in [0.5, 0.6) is 5.75 Å². The van der Waals surface area contributed by atoms with Gasteiger partial charge in [-0.2, -0.15) is 0 Å². The molecule has 140 valence electrons. The number of carbonyl (C=O) groups is 1. The maximum absolute atomic E-state index is 12.6. The minimum absolute atomic E-state index is 0.00716. The fraction of sp³-hybridized carbons (Fsp3) is 0.588. The zero-order chi connectivity index (χ0) is 18.8. The van der Waals surface area contributed by atoms with Crippen LogP contribution in [0, 0.1) is 11.8 Å². The summed E-state index contributed by atoms with van der Waals surface area (Å²) in [4.78, 5) is 13.8. The number of aromatic hydroxyl groups is 1. The smallest absolute Gasteiger partial charge is 0.244 e. The lowest BCUT2D eigenvalue weighted by Crippen LogP contribution is -2.52. The van der Waals surface area contributed by atoms with Crippen LogP contribution in [-0.4, -0.2) is 43.5 Å². The van der Waals surface area contributed by atoms with E-state index in [0.29, 0.717) is 19.5 Å². The van der Waals surface area contributed by atoms with Crippen molar-refractivity contribution in [2.75, 3.05) is 13.1 Å². The molecule has 1 saturated heterocycles. The first-order chi connectivity index (χ1) is 11.7. The van der Waals surface area contributed by atoms with Crippen molar-refractivity contribution >= 4 is 27.5 Å². The summed E-state index contributed by atoms with van der Waals surface area (Å²) in [6.07, 6.45) is 1.29. The highest BCUT2D eigenvalue weighted by Crippen LogP contribution is 2.31. The summed E-state index contributed by atoms with van der Waals surface area (Å²) in [5, 5.41) is 9.95. The predicted octanol–water partition coefficient (Wildman–Crippen LogP) is 2.61. The minimum atomic E-state index is -3.90. The summed E-state index contributed by atoms with van der Waals surface area (Å²) in [5.41, 5.74) is 0. The van der Waals surface area contributed by atoms with Gasteiger partial charge < -0.3 is 10.0 Å². The fourth-order valence-corrected chi connectivity index (χ4v) is 4.83. The van der Waals surface area contributed by atoms with Crippen LogP contribution in [0.25, 0.3) is 0 Å². The normalized spacial score (nSPS) is 21.6. The van der Waals surface area contributed by atoms with E-state index in [9.17, 15) is 18.3 Å². The van der Waals surface area contributed by atoms with Crippen LogP contribution in [0.3, 0.4) is 0 Å². The molecule has 1 aromatic rings. The number of phenolic OH excluding ortho intramolecular Hbond substituents is 1. The van der Waals surface area contributed by atoms with Gasteiger partial charge in [0.2, 0.25) is 15.9 Å². The molecule has 0 spiro atoms. The van der Waals surface area contributed by atoms with Crippen LogP contribution in [0.4, 0.5) is 0 Å². The Morgan fingerprint density at radius 3 is 2.72 bits per heavy atom. The highest BCUT2D eigenvalue weighted by molar-refractivity contribution is 7.89. The van der Waals surface area contributed by atoms with E-state index < -0.39 is 15.8 Å². The van der Waals surface area contributed by atoms with E-state index >= 15 is 0 Å². The molecule has 2 rings (SSSR count). The van der Waals surface area contributed by atoms with Crippen molar-refractivity contribution in [2.24, 2.45) is 11.8 Å². The summed E-state index contributed by atoms with van der Waals surface area (Å²) in [7, 11) is -3.90. The molecule has 25 heavy (non-hydrogen) atoms. The zero-order valence-corrected chi connectivity index (χ0v) is 16.3. The molecule has 1 aliphatic heterocycles. The van der Waals surface area contributed by atoms with Crippen molar-refractivity contribution in [3.05, 3.63) is 23.2 Å². The van der Waals surface area contributed by atoms with Crippen LogP contribution in [0.2, 0.25) is 5.02 Å². The minimum Gasteiger partial charge on any atom is -0.505 e. The van der Waals surface area contributed by atoms with Crippen molar-refractivity contribution in [1.82, 2.24) is 9.62 Å². The molecular weight excluding hydrogens is 364 g/mol. The average Bonchev–Trinajstić information content (AvgIpc) is 2.56. The van der Waals surface area contributed by atoms with Gasteiger partial charge in [-0.3, -0.25) is 4.79 Å². The molecule has 0 bridgehead atoms. The van der Waals surface area contributed by atoms with Crippen LogP contribution in [-0.2, 0) is 14.8 Å². The molecule has 2 N–H and O–H groups in total. The third-order valence-electron chi connectivity index (χ3n) is 4.61. The quantitative estimate of drug-likeness (QED) is 0.811. The van der Waals surface area contributed by atoms with E-state index in [-0.39, 0.29) is 33.7 Å². The van der Waals surface area contributed by atoms with Crippen molar-refractivity contribution < 1.29 is 18.3 Å². The Morgan fingerprint density at radius 1 is 1.44 bits per heavy atom. The van der Waals surface area contributed by atoms with Crippen LogP contribution >= 0.6 is 11.6 Å². The lowest BCUT2D eigenvalue weighted by molar-refractivity contribution is -0.136. The van der Waals surface area contributed by atoms with Crippen molar-refractivity contribution in [3.8, 4) is 5.75 Å². The van der Waals surface area contributed by atoms with Gasteiger partial charge in [0.15, 0.2) is 5.75 Å². The number of nitrogens with zero attached hydrogens (tertiary/aromatic N) is 1. The Morgan fingerprint density at radius 2 is 2.12 bits per heavy atom. The standard InChI is InChI=1S/C17H25ClN2O4S/c1-4-12-10-20(17(22)11(2)3)9-8-14(12)19-25(23,24)15-7-5-6-13(18)16(15)21/h5-7,11-12,14,19,21H,4,8-10H2,1-3H3. The Kier molecular flexibility index (Phi) is 6.35. The topological polar surface area (TPSA) is 86.7 Å². The van der Waals surface area contributed by atoms with Crippen LogP contribution in [0.15, 0.2) is 23.1 Å². The number of phenols is 1. The molecule has 2 atom stereocenters. The van der Waals surface area contributed by atoms with E-state index in [1.807, 2.05) is 20.8 Å². The largest absolute Gasteiger partial charge is 0.505 e. The number of sulfonamides is 1. The first-order valence-corrected chi connectivity index (χ1v) is 10.3. The van der Waals surface area contributed by atoms with Gasteiger partial charge in [-0.05, 0) is 24.5 Å². The van der Waals surface area contributed by atoms with Gasteiger partial charge in [0, 0.05) is 25.0 Å². The molecule has 0 aromatic heterocycles. The number of benzene rings is 1. The summed E-state index contributed by atoms with van der Waals surface area (Å²) >= 11 is 5.82. The van der Waals surface area contributed by atoms with Gasteiger partial charge >= 0.3 is 0 Å². The van der Waals surface area contributed by atoms with Gasteiger partial charge in [-0.15, -0.1) is 0 Å². The molecule has 6 nitrogen and oxygen atoms in total. The van der Waals surface area contributed by atoms with E-state index in [4.69, 9.17) is 11.6 Å². The molecule has 1 heterocycles. The monoisotopic (exact) mass is 388 g/mol. The summed E-state index contributed by atoms with van der Waals surface area (Å²) in [6.45, 7) is 6.75. The molecule has 2 unspecified atom stereocenters. The second-order valence-corrected chi connectivity index (χ2v) is 8.80. The Bertz CT molecular complexity index is 736. The molecule has 1 aromatic carbocycles. The summed E-state index contributed by atoms with van der Waals surface area (Å²) in [6, 6.07) is 3.95. The number of likely N-dealkylation sites (tertiary alicyclic amines) is 1. The van der Waals surface area contributed by atoms with E-state index in [2.05, 4.69) is 4.72 Å². The summed E-state index contributed by atoms with van der Waals surface area (Å²) in [5.74, 6) is -0.411. The van der Waals surface area contributed by atoms with E-state index in [0.717, 1.165) is 6.42 Å². The van der Waals surface area contributed by atoms with Gasteiger partial charge in [-0.1, -0.05) is 44.9 Å². The maximum atomic E-state index is 12.6. The number of rotatable bonds is 5. The molecule has 0 radical (unpaired) electrons. The number of hydrogen-bond donors (Lipinski definition) is 2. The molecule has 0 saturated carbocycles. The van der Waals surface area contributed by atoms with E-state index in [1.165, 1.54) is 18.2 Å². The molecule has 1 amide bonds. The Balaban J connectivity index is 2.17. The first-order valence-electron chi connectivity index (χ1n) is 8.46. The van der Waals surface area contributed by atoms with Gasteiger partial charge in [-0.25, -0.2) is 13.1 Å². The number of halogens is 1. The molecule has 0 aliphatic carbocycles. The van der Waals surface area contributed by atoms with Crippen molar-refractivity contribution in [1.29, 1.82) is 0 Å². The number of amides is 1. The zero-order valence-electron chi connectivity index (χ0n) is 14.7. The second kappa shape index (κ2) is 7.93. The van der Waals surface area contributed by atoms with Gasteiger partial charge in [0.05, 0.1) is 5.02 Å². The Hall–Kier alpha value is -1.31. The summed E-state index contributed by atoms with van der Waals surface area (Å²) < 4.78 is 28.0. The van der Waals surface area contributed by atoms with Crippen LogP contribution < -0.4 is 4.72 Å². The highest BCUT2D eigenvalue weighted by atomic mass is 35.5. The maximum Gasteiger partial charge on any atom is 0.244 e. The third kappa shape index (κ3) is 4.46. The Labute approximate surface area is 154 Å².